The summed E-state index contributed by atoms with van der Waals surface area (Å²) in [5.74, 6) is 0. The summed E-state index contributed by atoms with van der Waals surface area (Å²) in [4.78, 5) is 6.58. The van der Waals surface area contributed by atoms with Gasteiger partial charge in [0.15, 0.2) is 0 Å². The SMILES string of the molecule is Sc1c(C=Nc2ccccc2)sc2ccccc12. The van der Waals surface area contributed by atoms with Crippen LogP contribution in [0.4, 0.5) is 5.69 Å². The average Bonchev–Trinajstić information content (AvgIpc) is 2.75. The number of thiophene rings is 1. The van der Waals surface area contributed by atoms with Crippen LogP contribution in [-0.4, -0.2) is 6.21 Å². The second-order valence-electron chi connectivity index (χ2n) is 3.90. The van der Waals surface area contributed by atoms with Gasteiger partial charge < -0.3 is 0 Å². The third-order valence-electron chi connectivity index (χ3n) is 2.68. The molecular weight excluding hydrogens is 258 g/mol. The summed E-state index contributed by atoms with van der Waals surface area (Å²) in [6.45, 7) is 0. The Balaban J connectivity index is 2.00. The van der Waals surface area contributed by atoms with E-state index < -0.39 is 0 Å². The zero-order valence-electron chi connectivity index (χ0n) is 9.58. The lowest BCUT2D eigenvalue weighted by atomic mass is 10.2. The van der Waals surface area contributed by atoms with E-state index in [4.69, 9.17) is 0 Å². The number of aliphatic imine (C=N–C) groups is 1. The number of para-hydroxylation sites is 1. The molecule has 0 saturated carbocycles. The van der Waals surface area contributed by atoms with Gasteiger partial charge in [-0.05, 0) is 18.2 Å². The summed E-state index contributed by atoms with van der Waals surface area (Å²) in [5.41, 5.74) is 0.961. The number of thiol groups is 1. The average molecular weight is 269 g/mol. The Morgan fingerprint density at radius 3 is 2.44 bits per heavy atom. The minimum Gasteiger partial charge on any atom is -0.255 e. The summed E-state index contributed by atoms with van der Waals surface area (Å²) in [7, 11) is 0. The quantitative estimate of drug-likeness (QED) is 0.500. The standard InChI is InChI=1S/C15H11NS2/c17-15-12-8-4-5-9-13(12)18-14(15)10-16-11-6-2-1-3-7-11/h1-10,17H. The highest BCUT2D eigenvalue weighted by Crippen LogP contribution is 2.32. The molecule has 0 saturated heterocycles. The molecular formula is C15H11NS2. The molecule has 88 valence electrons. The molecule has 1 heterocycles. The van der Waals surface area contributed by atoms with Gasteiger partial charge in [-0.2, -0.15) is 0 Å². The number of rotatable bonds is 2. The van der Waals surface area contributed by atoms with Gasteiger partial charge in [0.25, 0.3) is 0 Å². The van der Waals surface area contributed by atoms with Crippen LogP contribution in [0.3, 0.4) is 0 Å². The minimum absolute atomic E-state index is 0.961. The molecule has 0 unspecified atom stereocenters. The Bertz CT molecular complexity index is 699. The van der Waals surface area contributed by atoms with E-state index in [0.29, 0.717) is 0 Å². The molecule has 0 atom stereocenters. The van der Waals surface area contributed by atoms with Crippen molar-refractivity contribution in [2.75, 3.05) is 0 Å². The van der Waals surface area contributed by atoms with Crippen LogP contribution >= 0.6 is 24.0 Å². The van der Waals surface area contributed by atoms with Gasteiger partial charge in [-0.1, -0.05) is 36.4 Å². The van der Waals surface area contributed by atoms with Gasteiger partial charge in [-0.3, -0.25) is 4.99 Å². The summed E-state index contributed by atoms with van der Waals surface area (Å²) in [6.07, 6.45) is 1.89. The Hall–Kier alpha value is -1.58. The fraction of sp³-hybridized carbons (Fsp3) is 0. The highest BCUT2D eigenvalue weighted by Gasteiger charge is 2.06. The first kappa shape index (κ1) is 11.5. The topological polar surface area (TPSA) is 12.4 Å². The predicted molar refractivity (Wildman–Crippen MR) is 82.8 cm³/mol. The number of fused-ring (bicyclic) bond motifs is 1. The zero-order chi connectivity index (χ0) is 12.4. The smallest absolute Gasteiger partial charge is 0.0630 e. The van der Waals surface area contributed by atoms with Crippen LogP contribution in [0.25, 0.3) is 10.1 Å². The Morgan fingerprint density at radius 1 is 0.944 bits per heavy atom. The summed E-state index contributed by atoms with van der Waals surface area (Å²) in [6, 6.07) is 18.2. The van der Waals surface area contributed by atoms with Crippen molar-refractivity contribution in [2.45, 2.75) is 4.90 Å². The molecule has 0 aliphatic carbocycles. The maximum Gasteiger partial charge on any atom is 0.0630 e. The highest BCUT2D eigenvalue weighted by molar-refractivity contribution is 7.81. The highest BCUT2D eigenvalue weighted by atomic mass is 32.1. The maximum absolute atomic E-state index is 4.58. The van der Waals surface area contributed by atoms with Crippen LogP contribution in [0.2, 0.25) is 0 Å². The number of nitrogens with zero attached hydrogens (tertiary/aromatic N) is 1. The monoisotopic (exact) mass is 269 g/mol. The normalized spacial score (nSPS) is 11.4. The lowest BCUT2D eigenvalue weighted by Crippen LogP contribution is -1.74. The maximum atomic E-state index is 4.58. The van der Waals surface area contributed by atoms with Crippen LogP contribution in [0.15, 0.2) is 64.5 Å². The molecule has 0 radical (unpaired) electrons. The van der Waals surface area contributed by atoms with E-state index >= 15 is 0 Å². The summed E-state index contributed by atoms with van der Waals surface area (Å²) < 4.78 is 1.25. The first-order valence-corrected chi connectivity index (χ1v) is 6.90. The molecule has 0 bridgehead atoms. The molecule has 0 aliphatic rings. The first-order valence-electron chi connectivity index (χ1n) is 5.64. The van der Waals surface area contributed by atoms with Gasteiger partial charge in [-0.15, -0.1) is 24.0 Å². The van der Waals surface area contributed by atoms with E-state index in [2.05, 4.69) is 29.8 Å². The van der Waals surface area contributed by atoms with Gasteiger partial charge in [0, 0.05) is 21.2 Å². The number of hydrogen-bond acceptors (Lipinski definition) is 3. The molecule has 3 aromatic rings. The zero-order valence-corrected chi connectivity index (χ0v) is 11.3. The lowest BCUT2D eigenvalue weighted by molar-refractivity contribution is 1.52. The van der Waals surface area contributed by atoms with E-state index in [1.54, 1.807) is 11.3 Å². The molecule has 3 rings (SSSR count). The van der Waals surface area contributed by atoms with Crippen molar-refractivity contribution in [1.82, 2.24) is 0 Å². The van der Waals surface area contributed by atoms with Crippen molar-refractivity contribution < 1.29 is 0 Å². The molecule has 3 heteroatoms. The van der Waals surface area contributed by atoms with Crippen LogP contribution in [-0.2, 0) is 0 Å². The Kier molecular flexibility index (Phi) is 3.17. The Labute approximate surface area is 115 Å². The molecule has 1 aromatic heterocycles. The van der Waals surface area contributed by atoms with E-state index in [1.807, 2.05) is 48.7 Å². The molecule has 18 heavy (non-hydrogen) atoms. The fourth-order valence-corrected chi connectivity index (χ4v) is 3.23. The van der Waals surface area contributed by atoms with Gasteiger partial charge >= 0.3 is 0 Å². The van der Waals surface area contributed by atoms with Crippen molar-refractivity contribution in [1.29, 1.82) is 0 Å². The predicted octanol–water partition coefficient (Wildman–Crippen LogP) is 4.94. The molecule has 0 aliphatic heterocycles. The van der Waals surface area contributed by atoms with Crippen molar-refractivity contribution >= 4 is 46.0 Å². The van der Waals surface area contributed by atoms with Crippen LogP contribution in [0.1, 0.15) is 4.88 Å². The second kappa shape index (κ2) is 4.96. The summed E-state index contributed by atoms with van der Waals surface area (Å²) >= 11 is 6.30. The number of benzene rings is 2. The van der Waals surface area contributed by atoms with Crippen LogP contribution in [0, 0.1) is 0 Å². The number of hydrogen-bond donors (Lipinski definition) is 1. The van der Waals surface area contributed by atoms with Crippen molar-refractivity contribution in [3.8, 4) is 0 Å². The second-order valence-corrected chi connectivity index (χ2v) is 5.44. The van der Waals surface area contributed by atoms with E-state index in [0.717, 1.165) is 15.5 Å². The van der Waals surface area contributed by atoms with Gasteiger partial charge in [0.05, 0.1) is 10.6 Å². The van der Waals surface area contributed by atoms with Gasteiger partial charge in [-0.25, -0.2) is 0 Å². The molecule has 0 N–H and O–H groups in total. The Morgan fingerprint density at radius 2 is 1.67 bits per heavy atom. The van der Waals surface area contributed by atoms with E-state index in [1.165, 1.54) is 10.1 Å². The molecule has 2 aromatic carbocycles. The van der Waals surface area contributed by atoms with Gasteiger partial charge in [0.1, 0.15) is 0 Å². The molecule has 0 spiro atoms. The largest absolute Gasteiger partial charge is 0.255 e. The first-order chi connectivity index (χ1) is 8.84. The molecule has 1 nitrogen and oxygen atoms in total. The van der Waals surface area contributed by atoms with Gasteiger partial charge in [0.2, 0.25) is 0 Å². The van der Waals surface area contributed by atoms with Crippen LogP contribution in [0.5, 0.6) is 0 Å². The van der Waals surface area contributed by atoms with Crippen molar-refractivity contribution in [3.05, 3.63) is 59.5 Å². The minimum atomic E-state index is 0.961. The van der Waals surface area contributed by atoms with E-state index in [-0.39, 0.29) is 0 Å². The molecule has 0 fully saturated rings. The van der Waals surface area contributed by atoms with Crippen molar-refractivity contribution in [3.63, 3.8) is 0 Å². The van der Waals surface area contributed by atoms with Crippen molar-refractivity contribution in [2.24, 2.45) is 4.99 Å². The summed E-state index contributed by atoms with van der Waals surface area (Å²) in [5, 5.41) is 1.19. The third-order valence-corrected chi connectivity index (χ3v) is 4.42. The van der Waals surface area contributed by atoms with E-state index in [9.17, 15) is 0 Å². The fourth-order valence-electron chi connectivity index (χ4n) is 1.79. The van der Waals surface area contributed by atoms with Crippen LogP contribution < -0.4 is 0 Å². The lowest BCUT2D eigenvalue weighted by Gasteiger charge is -1.92. The molecule has 0 amide bonds. The third kappa shape index (κ3) is 2.19.